The highest BCUT2D eigenvalue weighted by atomic mass is 79.9. The number of hydrogen-bond acceptors (Lipinski definition) is 0. The Morgan fingerprint density at radius 3 is 2.25 bits per heavy atom. The van der Waals surface area contributed by atoms with Crippen LogP contribution in [0.1, 0.15) is 12.0 Å². The average molecular weight is 276 g/mol. The summed E-state index contributed by atoms with van der Waals surface area (Å²) in [6.45, 7) is 0. The molecule has 0 aliphatic rings. The van der Waals surface area contributed by atoms with Gasteiger partial charge < -0.3 is 0 Å². The van der Waals surface area contributed by atoms with Crippen molar-refractivity contribution < 1.29 is 8.78 Å². The van der Waals surface area contributed by atoms with Crippen molar-refractivity contribution in [2.24, 2.45) is 0 Å². The van der Waals surface area contributed by atoms with Crippen molar-refractivity contribution in [2.45, 2.75) is 6.43 Å². The first-order chi connectivity index (χ1) is 5.52. The van der Waals surface area contributed by atoms with Crippen molar-refractivity contribution >= 4 is 39.1 Å². The molecule has 0 heterocycles. The minimum Gasteiger partial charge on any atom is -0.205 e. The quantitative estimate of drug-likeness (QED) is 0.652. The smallest absolute Gasteiger partial charge is 0.205 e. The van der Waals surface area contributed by atoms with Gasteiger partial charge in [-0.3, -0.25) is 0 Å². The largest absolute Gasteiger partial charge is 0.265 e. The van der Waals surface area contributed by atoms with Crippen LogP contribution in [0.4, 0.5) is 8.78 Å². The summed E-state index contributed by atoms with van der Waals surface area (Å²) < 4.78 is 24.8. The van der Waals surface area contributed by atoms with Gasteiger partial charge in [0.1, 0.15) is 0 Å². The van der Waals surface area contributed by atoms with Crippen LogP contribution in [0.2, 0.25) is 10.0 Å². The van der Waals surface area contributed by atoms with Gasteiger partial charge in [0.2, 0.25) is 0 Å². The summed E-state index contributed by atoms with van der Waals surface area (Å²) in [6, 6.07) is 2.50. The van der Waals surface area contributed by atoms with Gasteiger partial charge >= 0.3 is 0 Å². The van der Waals surface area contributed by atoms with Crippen LogP contribution < -0.4 is 0 Å². The topological polar surface area (TPSA) is 0 Å². The summed E-state index contributed by atoms with van der Waals surface area (Å²) >= 11 is 14.2. The second-order valence-corrected chi connectivity index (χ2v) is 3.76. The molecule has 1 rings (SSSR count). The Bertz CT molecular complexity index is 302. The maximum atomic E-state index is 12.2. The molecule has 0 spiro atoms. The van der Waals surface area contributed by atoms with E-state index in [2.05, 4.69) is 15.9 Å². The van der Waals surface area contributed by atoms with Crippen molar-refractivity contribution in [3.8, 4) is 0 Å². The highest BCUT2D eigenvalue weighted by molar-refractivity contribution is 9.10. The second kappa shape index (κ2) is 3.90. The van der Waals surface area contributed by atoms with E-state index in [1.807, 2.05) is 0 Å². The van der Waals surface area contributed by atoms with Gasteiger partial charge in [-0.05, 0) is 28.1 Å². The normalized spacial score (nSPS) is 10.8. The molecule has 1 aromatic carbocycles. The maximum absolute atomic E-state index is 12.2. The molecular formula is C7H3BrCl2F2. The molecule has 0 unspecified atom stereocenters. The molecule has 0 fully saturated rings. The number of halogens is 5. The Morgan fingerprint density at radius 2 is 1.75 bits per heavy atom. The third-order valence-electron chi connectivity index (χ3n) is 1.27. The van der Waals surface area contributed by atoms with Crippen LogP contribution in [-0.4, -0.2) is 0 Å². The van der Waals surface area contributed by atoms with Crippen molar-refractivity contribution in [3.05, 3.63) is 32.2 Å². The van der Waals surface area contributed by atoms with Crippen LogP contribution in [0.3, 0.4) is 0 Å². The fourth-order valence-electron chi connectivity index (χ4n) is 0.705. The van der Waals surface area contributed by atoms with Crippen LogP contribution in [-0.2, 0) is 0 Å². The van der Waals surface area contributed by atoms with E-state index in [0.29, 0.717) is 9.50 Å². The monoisotopic (exact) mass is 274 g/mol. The van der Waals surface area contributed by atoms with E-state index in [0.717, 1.165) is 0 Å². The Morgan fingerprint density at radius 1 is 1.17 bits per heavy atom. The molecule has 1 aromatic rings. The second-order valence-electron chi connectivity index (χ2n) is 2.09. The molecule has 0 nitrogen and oxygen atoms in total. The molecule has 0 amide bonds. The van der Waals surface area contributed by atoms with E-state index in [-0.39, 0.29) is 10.6 Å². The molecular weight excluding hydrogens is 273 g/mol. The van der Waals surface area contributed by atoms with Gasteiger partial charge in [-0.15, -0.1) is 0 Å². The molecule has 0 bridgehead atoms. The molecule has 0 aliphatic carbocycles. The lowest BCUT2D eigenvalue weighted by Gasteiger charge is -2.04. The number of rotatable bonds is 1. The van der Waals surface area contributed by atoms with Crippen molar-refractivity contribution in [3.63, 3.8) is 0 Å². The maximum Gasteiger partial charge on any atom is 0.265 e. The van der Waals surface area contributed by atoms with Crippen molar-refractivity contribution in [2.75, 3.05) is 0 Å². The Labute approximate surface area is 86.6 Å². The van der Waals surface area contributed by atoms with Gasteiger partial charge in [-0.25, -0.2) is 8.78 Å². The minimum atomic E-state index is -2.58. The van der Waals surface area contributed by atoms with Crippen molar-refractivity contribution in [1.29, 1.82) is 0 Å². The van der Waals surface area contributed by atoms with E-state index in [1.54, 1.807) is 0 Å². The molecule has 0 N–H and O–H groups in total. The predicted octanol–water partition coefficient (Wildman–Crippen LogP) is 4.69. The zero-order chi connectivity index (χ0) is 9.30. The minimum absolute atomic E-state index is 0.0156. The number of benzene rings is 1. The van der Waals surface area contributed by atoms with Gasteiger partial charge in [0.05, 0.1) is 10.0 Å². The molecule has 0 saturated heterocycles. The van der Waals surface area contributed by atoms with E-state index >= 15 is 0 Å². The van der Waals surface area contributed by atoms with Gasteiger partial charge in [-0.2, -0.15) is 0 Å². The molecule has 0 radical (unpaired) electrons. The highest BCUT2D eigenvalue weighted by Crippen LogP contribution is 2.34. The Kier molecular flexibility index (Phi) is 3.32. The van der Waals surface area contributed by atoms with Crippen molar-refractivity contribution in [1.82, 2.24) is 0 Å². The summed E-state index contributed by atoms with van der Waals surface area (Å²) in [6.07, 6.45) is -2.58. The van der Waals surface area contributed by atoms with E-state index in [4.69, 9.17) is 23.2 Å². The van der Waals surface area contributed by atoms with Crippen LogP contribution in [0, 0.1) is 0 Å². The fraction of sp³-hybridized carbons (Fsp3) is 0.143. The molecule has 5 heteroatoms. The van der Waals surface area contributed by atoms with Crippen LogP contribution in [0.15, 0.2) is 16.6 Å². The molecule has 0 aromatic heterocycles. The van der Waals surface area contributed by atoms with Gasteiger partial charge in [0, 0.05) is 10.0 Å². The van der Waals surface area contributed by atoms with Gasteiger partial charge in [-0.1, -0.05) is 23.2 Å². The zero-order valence-electron chi connectivity index (χ0n) is 5.62. The lowest BCUT2D eigenvalue weighted by Crippen LogP contribution is -1.86. The summed E-state index contributed by atoms with van der Waals surface area (Å²) in [5.74, 6) is 0. The predicted molar refractivity (Wildman–Crippen MR) is 49.1 cm³/mol. The summed E-state index contributed by atoms with van der Waals surface area (Å²) in [5, 5.41) is 0.308. The Hall–Kier alpha value is 0.140. The standard InChI is InChI=1S/C7H3BrCl2F2/c8-4-1-3(7(11)12)5(9)2-6(4)10/h1-2,7H. The lowest BCUT2D eigenvalue weighted by molar-refractivity contribution is 0.151. The van der Waals surface area contributed by atoms with E-state index in [1.165, 1.54) is 12.1 Å². The number of alkyl halides is 2. The van der Waals surface area contributed by atoms with E-state index in [9.17, 15) is 8.78 Å². The third-order valence-corrected chi connectivity index (χ3v) is 2.80. The first-order valence-electron chi connectivity index (χ1n) is 2.95. The Balaban J connectivity index is 3.23. The molecule has 12 heavy (non-hydrogen) atoms. The van der Waals surface area contributed by atoms with E-state index < -0.39 is 6.43 Å². The SMILES string of the molecule is FC(F)c1cc(Br)c(Cl)cc1Cl. The van der Waals surface area contributed by atoms with Gasteiger partial charge in [0.15, 0.2) is 0 Å². The highest BCUT2D eigenvalue weighted by Gasteiger charge is 2.13. The first kappa shape index (κ1) is 10.2. The third kappa shape index (κ3) is 2.09. The molecule has 0 atom stereocenters. The zero-order valence-corrected chi connectivity index (χ0v) is 8.72. The first-order valence-corrected chi connectivity index (χ1v) is 4.50. The lowest BCUT2D eigenvalue weighted by atomic mass is 10.2. The number of hydrogen-bond donors (Lipinski definition) is 0. The molecule has 0 aliphatic heterocycles. The summed E-state index contributed by atoms with van der Waals surface area (Å²) in [4.78, 5) is 0. The fourth-order valence-corrected chi connectivity index (χ4v) is 1.53. The summed E-state index contributed by atoms with van der Waals surface area (Å²) in [5.41, 5.74) is -0.215. The average Bonchev–Trinajstić information content (AvgIpc) is 1.96. The van der Waals surface area contributed by atoms with Crippen LogP contribution in [0.5, 0.6) is 0 Å². The van der Waals surface area contributed by atoms with Crippen LogP contribution >= 0.6 is 39.1 Å². The van der Waals surface area contributed by atoms with Crippen LogP contribution in [0.25, 0.3) is 0 Å². The summed E-state index contributed by atoms with van der Waals surface area (Å²) in [7, 11) is 0. The molecule has 66 valence electrons. The van der Waals surface area contributed by atoms with Gasteiger partial charge in [0.25, 0.3) is 6.43 Å². The molecule has 0 saturated carbocycles.